The zero-order valence-electron chi connectivity index (χ0n) is 14.9. The summed E-state index contributed by atoms with van der Waals surface area (Å²) in [4.78, 5) is 32.6. The van der Waals surface area contributed by atoms with Crippen LogP contribution in [0.15, 0.2) is 64.6 Å². The van der Waals surface area contributed by atoms with Gasteiger partial charge in [-0.15, -0.1) is 0 Å². The molecule has 0 saturated heterocycles. The lowest BCUT2D eigenvalue weighted by Crippen LogP contribution is -2.25. The SMILES string of the molecule is Cc1cc(Cl)[nH]c2ccc3c(=O)c(C(=O)N/N=C/c4ccccc4)cnc3c12. The molecule has 7 heteroatoms. The summed E-state index contributed by atoms with van der Waals surface area (Å²) in [5.74, 6) is -0.605. The Balaban J connectivity index is 1.72. The highest BCUT2D eigenvalue weighted by atomic mass is 35.5. The van der Waals surface area contributed by atoms with Crippen LogP contribution in [-0.2, 0) is 0 Å². The Bertz CT molecular complexity index is 1300. The predicted molar refractivity (Wildman–Crippen MR) is 111 cm³/mol. The van der Waals surface area contributed by atoms with Gasteiger partial charge in [-0.2, -0.15) is 5.10 Å². The number of carbonyl (C=O) groups excluding carboxylic acids is 1. The molecular weight excluding hydrogens is 376 g/mol. The van der Waals surface area contributed by atoms with Crippen LogP contribution in [0.2, 0.25) is 5.15 Å². The van der Waals surface area contributed by atoms with E-state index < -0.39 is 11.3 Å². The van der Waals surface area contributed by atoms with E-state index in [2.05, 4.69) is 20.5 Å². The number of nitrogens with zero attached hydrogens (tertiary/aromatic N) is 2. The van der Waals surface area contributed by atoms with Gasteiger partial charge in [0.2, 0.25) is 5.43 Å². The number of carbonyl (C=O) groups is 1. The number of hydrazone groups is 1. The lowest BCUT2D eigenvalue weighted by molar-refractivity contribution is 0.0954. The fraction of sp³-hybridized carbons (Fsp3) is 0.0476. The smallest absolute Gasteiger partial charge is 0.276 e. The van der Waals surface area contributed by atoms with Crippen molar-refractivity contribution in [1.29, 1.82) is 0 Å². The van der Waals surface area contributed by atoms with Crippen LogP contribution in [0, 0.1) is 6.92 Å². The van der Waals surface area contributed by atoms with Crippen LogP contribution in [0.1, 0.15) is 21.5 Å². The number of aromatic nitrogens is 2. The number of aromatic amines is 1. The lowest BCUT2D eigenvalue weighted by atomic mass is 10.0. The Kier molecular flexibility index (Phi) is 4.63. The second-order valence-electron chi connectivity index (χ2n) is 6.30. The molecular formula is C21H15ClN4O2. The fourth-order valence-corrected chi connectivity index (χ4v) is 3.36. The summed E-state index contributed by atoms with van der Waals surface area (Å²) in [5.41, 5.74) is 4.94. The maximum absolute atomic E-state index is 12.8. The van der Waals surface area contributed by atoms with E-state index in [9.17, 15) is 9.59 Å². The molecule has 0 radical (unpaired) electrons. The molecule has 2 heterocycles. The molecule has 0 saturated carbocycles. The number of fused-ring (bicyclic) bond motifs is 3. The van der Waals surface area contributed by atoms with Crippen LogP contribution in [0.5, 0.6) is 0 Å². The minimum atomic E-state index is -0.605. The number of hydrogen-bond acceptors (Lipinski definition) is 4. The van der Waals surface area contributed by atoms with Gasteiger partial charge in [-0.05, 0) is 36.2 Å². The summed E-state index contributed by atoms with van der Waals surface area (Å²) in [5, 5.41) is 5.57. The first-order valence-corrected chi connectivity index (χ1v) is 8.91. The van der Waals surface area contributed by atoms with E-state index in [0.717, 1.165) is 22.0 Å². The maximum atomic E-state index is 12.8. The molecule has 0 unspecified atom stereocenters. The van der Waals surface area contributed by atoms with Crippen molar-refractivity contribution in [3.63, 3.8) is 0 Å². The molecule has 0 aliphatic carbocycles. The van der Waals surface area contributed by atoms with Crippen LogP contribution in [-0.4, -0.2) is 22.1 Å². The molecule has 2 aromatic carbocycles. The lowest BCUT2D eigenvalue weighted by Gasteiger charge is -2.08. The molecule has 2 N–H and O–H groups in total. The monoisotopic (exact) mass is 390 g/mol. The number of amides is 1. The molecule has 1 amide bonds. The molecule has 4 aromatic rings. The average Bonchev–Trinajstić information content (AvgIpc) is 2.68. The van der Waals surface area contributed by atoms with Gasteiger partial charge in [-0.3, -0.25) is 14.6 Å². The van der Waals surface area contributed by atoms with Crippen LogP contribution in [0.4, 0.5) is 0 Å². The normalized spacial score (nSPS) is 11.4. The largest absolute Gasteiger partial charge is 0.346 e. The Morgan fingerprint density at radius 2 is 2.00 bits per heavy atom. The molecule has 2 aromatic heterocycles. The van der Waals surface area contributed by atoms with Crippen LogP contribution in [0.25, 0.3) is 21.8 Å². The number of hydrogen-bond donors (Lipinski definition) is 2. The minimum absolute atomic E-state index is 0.0624. The highest BCUT2D eigenvalue weighted by Crippen LogP contribution is 2.26. The van der Waals surface area contributed by atoms with E-state index in [-0.39, 0.29) is 5.56 Å². The highest BCUT2D eigenvalue weighted by Gasteiger charge is 2.15. The Hall–Kier alpha value is -3.51. The zero-order valence-corrected chi connectivity index (χ0v) is 15.6. The third-order valence-corrected chi connectivity index (χ3v) is 4.61. The third-order valence-electron chi connectivity index (χ3n) is 4.41. The minimum Gasteiger partial charge on any atom is -0.346 e. The first kappa shape index (κ1) is 17.9. The van der Waals surface area contributed by atoms with Gasteiger partial charge in [0.15, 0.2) is 0 Å². The van der Waals surface area contributed by atoms with Gasteiger partial charge in [-0.25, -0.2) is 5.43 Å². The number of rotatable bonds is 3. The van der Waals surface area contributed by atoms with E-state index in [1.807, 2.05) is 37.3 Å². The zero-order chi connectivity index (χ0) is 19.7. The molecule has 0 bridgehead atoms. The second kappa shape index (κ2) is 7.25. The van der Waals surface area contributed by atoms with E-state index >= 15 is 0 Å². The Morgan fingerprint density at radius 3 is 2.79 bits per heavy atom. The molecule has 0 fully saturated rings. The van der Waals surface area contributed by atoms with Crippen LogP contribution >= 0.6 is 11.6 Å². The summed E-state index contributed by atoms with van der Waals surface area (Å²) in [6.45, 7) is 1.90. The van der Waals surface area contributed by atoms with Gasteiger partial charge < -0.3 is 4.98 Å². The van der Waals surface area contributed by atoms with E-state index in [4.69, 9.17) is 11.6 Å². The summed E-state index contributed by atoms with van der Waals surface area (Å²) in [6, 6.07) is 14.5. The van der Waals surface area contributed by atoms with Gasteiger partial charge in [0, 0.05) is 22.5 Å². The molecule has 0 aliphatic heterocycles. The van der Waals surface area contributed by atoms with Crippen molar-refractivity contribution in [3.05, 3.63) is 86.8 Å². The van der Waals surface area contributed by atoms with Gasteiger partial charge in [0.25, 0.3) is 5.91 Å². The number of pyridine rings is 2. The number of H-pyrrole nitrogens is 1. The molecule has 6 nitrogen and oxygen atoms in total. The summed E-state index contributed by atoms with van der Waals surface area (Å²) >= 11 is 6.06. The molecule has 28 heavy (non-hydrogen) atoms. The number of halogens is 1. The first-order valence-electron chi connectivity index (χ1n) is 8.54. The van der Waals surface area contributed by atoms with Crippen molar-refractivity contribution in [3.8, 4) is 0 Å². The van der Waals surface area contributed by atoms with Gasteiger partial charge in [0.05, 0.1) is 11.7 Å². The molecule has 138 valence electrons. The van der Waals surface area contributed by atoms with Crippen LogP contribution in [0.3, 0.4) is 0 Å². The quantitative estimate of drug-likeness (QED) is 0.241. The van der Waals surface area contributed by atoms with Crippen LogP contribution < -0.4 is 10.9 Å². The molecule has 4 rings (SSSR count). The predicted octanol–water partition coefficient (Wildman–Crippen LogP) is 3.80. The van der Waals surface area contributed by atoms with Crippen molar-refractivity contribution in [2.75, 3.05) is 0 Å². The van der Waals surface area contributed by atoms with E-state index in [1.54, 1.807) is 18.2 Å². The highest BCUT2D eigenvalue weighted by molar-refractivity contribution is 6.30. The molecule has 0 atom stereocenters. The average molecular weight is 391 g/mol. The Labute approximate surface area is 164 Å². The standard InChI is InChI=1S/C21H15ClN4O2/c1-12-9-17(22)25-16-8-7-14-19(18(12)16)23-11-15(20(14)27)21(28)26-24-10-13-5-3-2-4-6-13/h2-11,25H,1H3,(H,26,28)/b24-10+. The number of aryl methyl sites for hydroxylation is 1. The summed E-state index contributed by atoms with van der Waals surface area (Å²) < 4.78 is 0. The topological polar surface area (TPSA) is 87.2 Å². The fourth-order valence-electron chi connectivity index (χ4n) is 3.10. The first-order chi connectivity index (χ1) is 13.5. The Morgan fingerprint density at radius 1 is 1.21 bits per heavy atom. The molecule has 0 aliphatic rings. The summed E-state index contributed by atoms with van der Waals surface area (Å²) in [7, 11) is 0. The van der Waals surface area contributed by atoms with Crippen molar-refractivity contribution in [1.82, 2.24) is 15.4 Å². The molecule has 0 spiro atoms. The van der Waals surface area contributed by atoms with Gasteiger partial charge in [-0.1, -0.05) is 41.9 Å². The summed E-state index contributed by atoms with van der Waals surface area (Å²) in [6.07, 6.45) is 2.79. The maximum Gasteiger partial charge on any atom is 0.276 e. The number of benzene rings is 2. The van der Waals surface area contributed by atoms with E-state index in [1.165, 1.54) is 12.4 Å². The van der Waals surface area contributed by atoms with Gasteiger partial charge in [0.1, 0.15) is 10.7 Å². The number of nitrogens with one attached hydrogen (secondary N) is 2. The third kappa shape index (κ3) is 3.25. The van der Waals surface area contributed by atoms with Gasteiger partial charge >= 0.3 is 0 Å². The van der Waals surface area contributed by atoms with E-state index in [0.29, 0.717) is 16.1 Å². The van der Waals surface area contributed by atoms with Crippen molar-refractivity contribution >= 4 is 45.5 Å². The second-order valence-corrected chi connectivity index (χ2v) is 6.70. The van der Waals surface area contributed by atoms with Crippen molar-refractivity contribution in [2.45, 2.75) is 6.92 Å². The van der Waals surface area contributed by atoms with Crippen molar-refractivity contribution in [2.24, 2.45) is 5.10 Å². The van der Waals surface area contributed by atoms with Crippen molar-refractivity contribution < 1.29 is 4.79 Å².